The summed E-state index contributed by atoms with van der Waals surface area (Å²) in [7, 11) is 0. The largest absolute Gasteiger partial charge is 0.313 e. The van der Waals surface area contributed by atoms with Gasteiger partial charge in [-0.15, -0.1) is 0 Å². The Morgan fingerprint density at radius 2 is 2.00 bits per heavy atom. The normalized spacial score (nSPS) is 16.5. The van der Waals surface area contributed by atoms with Gasteiger partial charge in [-0.2, -0.15) is 0 Å². The van der Waals surface area contributed by atoms with Crippen molar-refractivity contribution in [2.24, 2.45) is 0 Å². The molecule has 2 rings (SSSR count). The van der Waals surface area contributed by atoms with E-state index in [2.05, 4.69) is 41.2 Å². The highest BCUT2D eigenvalue weighted by atomic mass is 15.2. The van der Waals surface area contributed by atoms with Crippen LogP contribution >= 0.6 is 0 Å². The fourth-order valence-corrected chi connectivity index (χ4v) is 3.22. The van der Waals surface area contributed by atoms with Gasteiger partial charge in [-0.3, -0.25) is 9.88 Å². The van der Waals surface area contributed by atoms with Crippen molar-refractivity contribution in [3.63, 3.8) is 0 Å². The third kappa shape index (κ3) is 5.40. The van der Waals surface area contributed by atoms with Crippen molar-refractivity contribution in [3.8, 4) is 0 Å². The predicted molar refractivity (Wildman–Crippen MR) is 89.2 cm³/mol. The summed E-state index contributed by atoms with van der Waals surface area (Å²) in [6.45, 7) is 8.61. The summed E-state index contributed by atoms with van der Waals surface area (Å²) in [5, 5.41) is 3.42. The van der Waals surface area contributed by atoms with Gasteiger partial charge in [0.1, 0.15) is 0 Å². The molecule has 1 aromatic rings. The van der Waals surface area contributed by atoms with E-state index in [0.29, 0.717) is 0 Å². The Balaban J connectivity index is 1.85. The fourth-order valence-electron chi connectivity index (χ4n) is 3.22. The highest BCUT2D eigenvalue weighted by Gasteiger charge is 2.20. The Kier molecular flexibility index (Phi) is 7.17. The Hall–Kier alpha value is -0.930. The Morgan fingerprint density at radius 3 is 2.62 bits per heavy atom. The minimum atomic E-state index is 0.774. The van der Waals surface area contributed by atoms with Crippen LogP contribution in [0, 0.1) is 0 Å². The molecule has 0 atom stereocenters. The Labute approximate surface area is 130 Å². The zero-order valence-electron chi connectivity index (χ0n) is 13.8. The van der Waals surface area contributed by atoms with Crippen molar-refractivity contribution in [2.45, 2.75) is 71.5 Å². The molecular weight excluding hydrogens is 258 g/mol. The molecule has 1 aliphatic rings. The first kappa shape index (κ1) is 16.4. The summed E-state index contributed by atoms with van der Waals surface area (Å²) < 4.78 is 0. The van der Waals surface area contributed by atoms with Gasteiger partial charge < -0.3 is 5.32 Å². The van der Waals surface area contributed by atoms with E-state index in [1.807, 2.05) is 6.20 Å². The van der Waals surface area contributed by atoms with Gasteiger partial charge in [-0.05, 0) is 44.0 Å². The van der Waals surface area contributed by atoms with E-state index in [1.54, 1.807) is 0 Å². The van der Waals surface area contributed by atoms with E-state index in [4.69, 9.17) is 0 Å². The van der Waals surface area contributed by atoms with E-state index in [9.17, 15) is 0 Å². The summed E-state index contributed by atoms with van der Waals surface area (Å²) in [5.41, 5.74) is 2.49. The van der Waals surface area contributed by atoms with Crippen LogP contribution in [0.2, 0.25) is 0 Å². The van der Waals surface area contributed by atoms with Gasteiger partial charge in [0.15, 0.2) is 0 Å². The van der Waals surface area contributed by atoms with Crippen LogP contribution in [0.4, 0.5) is 0 Å². The SMILES string of the molecule is CCCNCc1ccc(CN(CC)C2CCCCC2)nc1. The lowest BCUT2D eigenvalue weighted by Crippen LogP contribution is -2.36. The van der Waals surface area contributed by atoms with Gasteiger partial charge in [0.2, 0.25) is 0 Å². The summed E-state index contributed by atoms with van der Waals surface area (Å²) in [6.07, 6.45) is 10.2. The molecule has 0 bridgehead atoms. The van der Waals surface area contributed by atoms with Crippen molar-refractivity contribution in [2.75, 3.05) is 13.1 Å². The molecule has 1 fully saturated rings. The molecule has 0 aromatic carbocycles. The molecule has 21 heavy (non-hydrogen) atoms. The minimum Gasteiger partial charge on any atom is -0.313 e. The highest BCUT2D eigenvalue weighted by molar-refractivity contribution is 5.14. The lowest BCUT2D eigenvalue weighted by Gasteiger charge is -2.33. The number of nitrogens with zero attached hydrogens (tertiary/aromatic N) is 2. The van der Waals surface area contributed by atoms with Crippen LogP contribution in [0.5, 0.6) is 0 Å². The molecule has 0 spiro atoms. The van der Waals surface area contributed by atoms with Gasteiger partial charge in [0.25, 0.3) is 0 Å². The summed E-state index contributed by atoms with van der Waals surface area (Å²) in [5.74, 6) is 0. The number of aromatic nitrogens is 1. The topological polar surface area (TPSA) is 28.2 Å². The molecule has 0 saturated heterocycles. The minimum absolute atomic E-state index is 0.774. The quantitative estimate of drug-likeness (QED) is 0.739. The predicted octanol–water partition coefficient (Wildman–Crippen LogP) is 3.74. The zero-order chi connectivity index (χ0) is 14.9. The number of hydrogen-bond acceptors (Lipinski definition) is 3. The van der Waals surface area contributed by atoms with Crippen LogP contribution in [0.15, 0.2) is 18.3 Å². The zero-order valence-corrected chi connectivity index (χ0v) is 13.8. The average molecular weight is 289 g/mol. The number of nitrogens with one attached hydrogen (secondary N) is 1. The first-order chi connectivity index (χ1) is 10.3. The third-order valence-corrected chi connectivity index (χ3v) is 4.50. The van der Waals surface area contributed by atoms with E-state index < -0.39 is 0 Å². The molecular formula is C18H31N3. The summed E-state index contributed by atoms with van der Waals surface area (Å²) in [4.78, 5) is 7.27. The number of hydrogen-bond donors (Lipinski definition) is 1. The molecule has 1 aromatic heterocycles. The van der Waals surface area contributed by atoms with E-state index in [-0.39, 0.29) is 0 Å². The van der Waals surface area contributed by atoms with Crippen molar-refractivity contribution < 1.29 is 0 Å². The maximum Gasteiger partial charge on any atom is 0.0544 e. The maximum absolute atomic E-state index is 4.66. The monoisotopic (exact) mass is 289 g/mol. The van der Waals surface area contributed by atoms with Crippen molar-refractivity contribution in [3.05, 3.63) is 29.6 Å². The number of rotatable bonds is 8. The fraction of sp³-hybridized carbons (Fsp3) is 0.722. The van der Waals surface area contributed by atoms with Gasteiger partial charge in [0.05, 0.1) is 5.69 Å². The van der Waals surface area contributed by atoms with Crippen LogP contribution in [0.1, 0.15) is 63.6 Å². The molecule has 1 aliphatic carbocycles. The summed E-state index contributed by atoms with van der Waals surface area (Å²) in [6, 6.07) is 5.20. The summed E-state index contributed by atoms with van der Waals surface area (Å²) >= 11 is 0. The highest BCUT2D eigenvalue weighted by Crippen LogP contribution is 2.23. The second-order valence-corrected chi connectivity index (χ2v) is 6.19. The van der Waals surface area contributed by atoms with Crippen LogP contribution in [-0.4, -0.2) is 29.0 Å². The first-order valence-electron chi connectivity index (χ1n) is 8.72. The molecule has 0 unspecified atom stereocenters. The van der Waals surface area contributed by atoms with Crippen LogP contribution in [-0.2, 0) is 13.1 Å². The van der Waals surface area contributed by atoms with Gasteiger partial charge in [-0.25, -0.2) is 0 Å². The smallest absolute Gasteiger partial charge is 0.0544 e. The van der Waals surface area contributed by atoms with E-state index in [0.717, 1.165) is 32.2 Å². The van der Waals surface area contributed by atoms with E-state index in [1.165, 1.54) is 49.8 Å². The molecule has 0 radical (unpaired) electrons. The lowest BCUT2D eigenvalue weighted by molar-refractivity contribution is 0.154. The standard InChI is InChI=1S/C18H31N3/c1-3-12-19-13-16-10-11-17(20-14-16)15-21(4-2)18-8-6-5-7-9-18/h10-11,14,18-19H,3-9,12-13,15H2,1-2H3. The van der Waals surface area contributed by atoms with Gasteiger partial charge in [0, 0.05) is 25.3 Å². The molecule has 3 nitrogen and oxygen atoms in total. The number of pyridine rings is 1. The maximum atomic E-state index is 4.66. The van der Waals surface area contributed by atoms with Crippen LogP contribution < -0.4 is 5.32 Å². The van der Waals surface area contributed by atoms with Crippen molar-refractivity contribution in [1.82, 2.24) is 15.2 Å². The molecule has 118 valence electrons. The molecule has 3 heteroatoms. The van der Waals surface area contributed by atoms with E-state index >= 15 is 0 Å². The second-order valence-electron chi connectivity index (χ2n) is 6.19. The van der Waals surface area contributed by atoms with Crippen LogP contribution in [0.25, 0.3) is 0 Å². The molecule has 1 N–H and O–H groups in total. The third-order valence-electron chi connectivity index (χ3n) is 4.50. The molecule has 0 aliphatic heterocycles. The van der Waals surface area contributed by atoms with Crippen LogP contribution in [0.3, 0.4) is 0 Å². The van der Waals surface area contributed by atoms with Gasteiger partial charge >= 0.3 is 0 Å². The lowest BCUT2D eigenvalue weighted by atomic mass is 9.94. The van der Waals surface area contributed by atoms with Crippen molar-refractivity contribution >= 4 is 0 Å². The van der Waals surface area contributed by atoms with Crippen molar-refractivity contribution in [1.29, 1.82) is 0 Å². The molecule has 0 amide bonds. The first-order valence-corrected chi connectivity index (χ1v) is 8.72. The average Bonchev–Trinajstić information content (AvgIpc) is 2.55. The second kappa shape index (κ2) is 9.16. The Morgan fingerprint density at radius 1 is 1.19 bits per heavy atom. The molecule has 1 saturated carbocycles. The Bertz CT molecular complexity index is 382. The molecule has 1 heterocycles. The van der Waals surface area contributed by atoms with Gasteiger partial charge in [-0.1, -0.05) is 39.2 Å².